The van der Waals surface area contributed by atoms with Crippen LogP contribution in [0, 0.1) is 0 Å². The molecule has 1 aromatic carbocycles. The van der Waals surface area contributed by atoms with E-state index in [0.717, 1.165) is 0 Å². The van der Waals surface area contributed by atoms with E-state index in [1.807, 2.05) is 6.07 Å². The molecule has 30 heavy (non-hydrogen) atoms. The highest BCUT2D eigenvalue weighted by atomic mass is 31.1. The van der Waals surface area contributed by atoms with E-state index in [1.54, 1.807) is 24.3 Å². The first-order valence-electron chi connectivity index (χ1n) is 9.05. The standard InChI is InChI=1S/C20H18N3O6P/c1-30-20(11-5-3-2-4-6-11)18(27)23(19(28)22-20)10-9-21-16(24)14-12-7-8-13(29-12)15(14)17(25)26/h2-8,19,22,28H,1,9-10H2,(H,21,24)(H,25,26). The number of hydrogen-bond acceptors (Lipinski definition) is 6. The molecule has 2 unspecified atom stereocenters. The van der Waals surface area contributed by atoms with Crippen LogP contribution in [0.25, 0.3) is 11.2 Å². The molecule has 0 radical (unpaired) electrons. The van der Waals surface area contributed by atoms with E-state index >= 15 is 0 Å². The Kier molecular flexibility index (Phi) is 5.03. The van der Waals surface area contributed by atoms with Crippen LogP contribution in [0.2, 0.25) is 0 Å². The van der Waals surface area contributed by atoms with Gasteiger partial charge in [-0.05, 0) is 17.7 Å². The monoisotopic (exact) mass is 427 g/mol. The van der Waals surface area contributed by atoms with E-state index in [0.29, 0.717) is 13.8 Å². The van der Waals surface area contributed by atoms with Gasteiger partial charge in [-0.1, -0.05) is 44.8 Å². The number of hydrogen-bond donors (Lipinski definition) is 4. The molecule has 3 aromatic rings. The van der Waals surface area contributed by atoms with Crippen molar-refractivity contribution in [3.63, 3.8) is 0 Å². The Morgan fingerprint density at radius 1 is 1.20 bits per heavy atom. The Morgan fingerprint density at radius 3 is 2.50 bits per heavy atom. The number of aliphatic hydroxyl groups excluding tert-OH is 1. The summed E-state index contributed by atoms with van der Waals surface area (Å²) in [5, 5.41) is 24.0. The van der Waals surface area contributed by atoms with E-state index in [-0.39, 0.29) is 41.3 Å². The highest BCUT2D eigenvalue weighted by molar-refractivity contribution is 7.39. The van der Waals surface area contributed by atoms with Crippen molar-refractivity contribution in [1.82, 2.24) is 15.5 Å². The SMILES string of the molecule is C=PC1(c2ccccc2)NC(O)N(CCNC(=O)c2c(C(=O)O)c3ccc2o3)C1=O. The fraction of sp³-hybridized carbons (Fsp3) is 0.200. The fourth-order valence-corrected chi connectivity index (χ4v) is 4.43. The van der Waals surface area contributed by atoms with Crippen molar-refractivity contribution in [3.8, 4) is 0 Å². The van der Waals surface area contributed by atoms with Crippen LogP contribution >= 0.6 is 8.20 Å². The molecule has 154 valence electrons. The molecule has 4 rings (SSSR count). The number of nitrogens with zero attached hydrogens (tertiary/aromatic N) is 1. The molecule has 0 saturated carbocycles. The van der Waals surface area contributed by atoms with Gasteiger partial charge < -0.3 is 19.9 Å². The van der Waals surface area contributed by atoms with Crippen molar-refractivity contribution in [2.24, 2.45) is 0 Å². The van der Waals surface area contributed by atoms with Gasteiger partial charge in [0.1, 0.15) is 22.3 Å². The number of amides is 2. The second kappa shape index (κ2) is 7.53. The van der Waals surface area contributed by atoms with Gasteiger partial charge in [0.05, 0.1) is 0 Å². The lowest BCUT2D eigenvalue weighted by atomic mass is 10.1. The summed E-state index contributed by atoms with van der Waals surface area (Å²) in [5.74, 6) is -2.25. The maximum absolute atomic E-state index is 13.1. The van der Waals surface area contributed by atoms with E-state index in [1.165, 1.54) is 17.0 Å². The van der Waals surface area contributed by atoms with Gasteiger partial charge in [0.15, 0.2) is 11.6 Å². The molecule has 3 heterocycles. The lowest BCUT2D eigenvalue weighted by Crippen LogP contribution is -2.42. The summed E-state index contributed by atoms with van der Waals surface area (Å²) >= 11 is 0. The van der Waals surface area contributed by atoms with Crippen LogP contribution in [-0.2, 0) is 10.1 Å². The van der Waals surface area contributed by atoms with E-state index in [4.69, 9.17) is 4.42 Å². The van der Waals surface area contributed by atoms with E-state index < -0.39 is 23.5 Å². The number of furan rings is 2. The minimum Gasteiger partial charge on any atom is -0.478 e. The van der Waals surface area contributed by atoms with Crippen molar-refractivity contribution < 1.29 is 29.0 Å². The number of aliphatic hydroxyl groups is 1. The minimum atomic E-state index is -1.26. The Balaban J connectivity index is 1.46. The van der Waals surface area contributed by atoms with Gasteiger partial charge in [-0.3, -0.25) is 14.5 Å². The van der Waals surface area contributed by atoms with E-state index in [9.17, 15) is 24.6 Å². The van der Waals surface area contributed by atoms with Crippen molar-refractivity contribution in [2.75, 3.05) is 13.1 Å². The summed E-state index contributed by atoms with van der Waals surface area (Å²) in [4.78, 5) is 38.2. The molecule has 10 heteroatoms. The summed E-state index contributed by atoms with van der Waals surface area (Å²) in [6.07, 6.45) is 2.58. The zero-order valence-corrected chi connectivity index (χ0v) is 16.6. The Labute approximate surface area is 172 Å². The fourth-order valence-electron chi connectivity index (χ4n) is 3.63. The zero-order valence-electron chi connectivity index (χ0n) is 15.7. The van der Waals surface area contributed by atoms with Crippen LogP contribution in [0.15, 0.2) is 46.9 Å². The first-order valence-corrected chi connectivity index (χ1v) is 10.1. The van der Waals surface area contributed by atoms with Gasteiger partial charge in [0.2, 0.25) is 0 Å². The first kappa shape index (κ1) is 20.0. The molecule has 2 amide bonds. The Morgan fingerprint density at radius 2 is 1.87 bits per heavy atom. The predicted octanol–water partition coefficient (Wildman–Crippen LogP) is 1.24. The molecule has 1 aliphatic rings. The molecule has 9 nitrogen and oxygen atoms in total. The van der Waals surface area contributed by atoms with Gasteiger partial charge in [-0.2, -0.15) is 0 Å². The van der Waals surface area contributed by atoms with E-state index in [2.05, 4.69) is 16.9 Å². The second-order valence-corrected chi connectivity index (χ2v) is 7.71. The largest absolute Gasteiger partial charge is 0.478 e. The molecule has 4 N–H and O–H groups in total. The third-order valence-corrected chi connectivity index (χ3v) is 6.11. The maximum atomic E-state index is 13.1. The first-order chi connectivity index (χ1) is 14.4. The van der Waals surface area contributed by atoms with Gasteiger partial charge in [0, 0.05) is 13.1 Å². The number of benzene rings is 2. The molecule has 0 aliphatic carbocycles. The Hall–Kier alpha value is -3.26. The summed E-state index contributed by atoms with van der Waals surface area (Å²) in [6.45, 7) is 0.0199. The smallest absolute Gasteiger partial charge is 0.340 e. The van der Waals surface area contributed by atoms with Crippen molar-refractivity contribution in [2.45, 2.75) is 11.6 Å². The minimum absolute atomic E-state index is 0.00490. The third-order valence-electron chi connectivity index (χ3n) is 5.06. The highest BCUT2D eigenvalue weighted by Gasteiger charge is 2.50. The number of carboxylic acid groups (broad SMARTS) is 1. The number of fused-ring (bicyclic) bond motifs is 2. The zero-order chi connectivity index (χ0) is 21.5. The topological polar surface area (TPSA) is 132 Å². The van der Waals surface area contributed by atoms with Gasteiger partial charge in [-0.15, -0.1) is 0 Å². The molecule has 2 bridgehead atoms. The second-order valence-electron chi connectivity index (χ2n) is 6.73. The van der Waals surface area contributed by atoms with Gasteiger partial charge >= 0.3 is 5.97 Å². The number of carboxylic acids is 1. The maximum Gasteiger partial charge on any atom is 0.340 e. The van der Waals surface area contributed by atoms with Crippen molar-refractivity contribution >= 4 is 43.5 Å². The van der Waals surface area contributed by atoms with Crippen LogP contribution in [0.4, 0.5) is 0 Å². The molecule has 0 spiro atoms. The predicted molar refractivity (Wildman–Crippen MR) is 110 cm³/mol. The molecule has 1 fully saturated rings. The lowest BCUT2D eigenvalue weighted by Gasteiger charge is -2.23. The third kappa shape index (κ3) is 3.04. The molecule has 2 atom stereocenters. The average Bonchev–Trinajstić information content (AvgIpc) is 3.42. The number of carbonyl (C=O) groups is 3. The average molecular weight is 427 g/mol. The molecule has 1 saturated heterocycles. The lowest BCUT2D eigenvalue weighted by molar-refractivity contribution is -0.134. The van der Waals surface area contributed by atoms with Crippen LogP contribution in [0.1, 0.15) is 26.3 Å². The van der Waals surface area contributed by atoms with Crippen LogP contribution in [0.5, 0.6) is 0 Å². The van der Waals surface area contributed by atoms with Crippen molar-refractivity contribution in [3.05, 3.63) is 59.2 Å². The molecular formula is C20H18N3O6P. The summed E-state index contributed by atoms with van der Waals surface area (Å²) in [6, 6.07) is 12.0. The van der Waals surface area contributed by atoms with Crippen LogP contribution in [-0.4, -0.2) is 58.6 Å². The molecular weight excluding hydrogens is 409 g/mol. The van der Waals surface area contributed by atoms with Crippen LogP contribution < -0.4 is 10.6 Å². The molecule has 2 aromatic heterocycles. The van der Waals surface area contributed by atoms with Gasteiger partial charge in [0.25, 0.3) is 11.8 Å². The summed E-state index contributed by atoms with van der Waals surface area (Å²) in [7, 11) is 0.463. The molecule has 1 aliphatic heterocycles. The number of rotatable bonds is 7. The quantitative estimate of drug-likeness (QED) is 0.417. The van der Waals surface area contributed by atoms with Crippen LogP contribution in [0.3, 0.4) is 0 Å². The Bertz CT molecular complexity index is 1130. The van der Waals surface area contributed by atoms with Gasteiger partial charge in [-0.25, -0.2) is 10.1 Å². The summed E-state index contributed by atoms with van der Waals surface area (Å²) < 4.78 is 5.27. The van der Waals surface area contributed by atoms with Crippen molar-refractivity contribution in [1.29, 1.82) is 0 Å². The number of carbonyl (C=O) groups excluding carboxylic acids is 2. The number of nitrogens with one attached hydrogen (secondary N) is 2. The highest BCUT2D eigenvalue weighted by Crippen LogP contribution is 2.38. The number of aromatic carboxylic acids is 1. The summed E-state index contributed by atoms with van der Waals surface area (Å²) in [5.41, 5.74) is 0.731. The normalized spacial score (nSPS) is 21.6.